The molecular weight excluding hydrogens is 142 g/mol. The molecule has 11 heavy (non-hydrogen) atoms. The van der Waals surface area contributed by atoms with Gasteiger partial charge in [0.05, 0.1) is 17.1 Å². The van der Waals surface area contributed by atoms with Gasteiger partial charge in [0.15, 0.2) is 0 Å². The van der Waals surface area contributed by atoms with E-state index >= 15 is 0 Å². The normalized spacial score (nSPS) is 9.91. The molecule has 0 amide bonds. The number of rotatable bonds is 0. The average Bonchev–Trinajstić information content (AvgIpc) is 1.97. The Morgan fingerprint density at radius 2 is 1.73 bits per heavy atom. The fraction of sp³-hybridized carbons (Fsp3) is 0.143. The highest BCUT2D eigenvalue weighted by Crippen LogP contribution is 2.32. The molecule has 0 bridgehead atoms. The summed E-state index contributed by atoms with van der Waals surface area (Å²) in [6.07, 6.45) is 0. The van der Waals surface area contributed by atoms with Gasteiger partial charge < -0.3 is 22.3 Å². The number of benzene rings is 1. The summed E-state index contributed by atoms with van der Waals surface area (Å²) in [5.74, 6) is 0.0780. The van der Waals surface area contributed by atoms with Gasteiger partial charge in [0.25, 0.3) is 0 Å². The van der Waals surface area contributed by atoms with Crippen molar-refractivity contribution in [2.75, 3.05) is 17.2 Å². The minimum Gasteiger partial charge on any atom is -0.508 e. The first kappa shape index (κ1) is 7.53. The molecule has 0 radical (unpaired) electrons. The smallest absolute Gasteiger partial charge is 0.122 e. The van der Waals surface area contributed by atoms with Gasteiger partial charge in [0, 0.05) is 11.6 Å². The minimum atomic E-state index is 0.0780. The van der Waals surface area contributed by atoms with E-state index in [2.05, 4.69) is 0 Å². The standard InChI is InChI=1S/C7H11N3O/c1-3-5(11)2-4(8)7(10)6(3)9/h2,11H,8-10H2,1H3. The third kappa shape index (κ3) is 1.02. The summed E-state index contributed by atoms with van der Waals surface area (Å²) in [4.78, 5) is 0. The molecule has 0 unspecified atom stereocenters. The maximum Gasteiger partial charge on any atom is 0.122 e. The zero-order chi connectivity index (χ0) is 8.59. The second kappa shape index (κ2) is 2.23. The molecule has 0 aliphatic carbocycles. The number of nitrogens with two attached hydrogens (primary N) is 3. The minimum absolute atomic E-state index is 0.0780. The summed E-state index contributed by atoms with van der Waals surface area (Å²) in [6, 6.07) is 1.39. The molecule has 1 aromatic carbocycles. The molecule has 1 rings (SSSR count). The second-order valence-corrected chi connectivity index (χ2v) is 2.44. The lowest BCUT2D eigenvalue weighted by atomic mass is 10.1. The number of anilines is 3. The van der Waals surface area contributed by atoms with Crippen molar-refractivity contribution in [2.45, 2.75) is 6.92 Å². The summed E-state index contributed by atoms with van der Waals surface area (Å²) < 4.78 is 0. The summed E-state index contributed by atoms with van der Waals surface area (Å²) in [6.45, 7) is 1.68. The molecule has 4 nitrogen and oxygen atoms in total. The van der Waals surface area contributed by atoms with Gasteiger partial charge in [-0.3, -0.25) is 0 Å². The van der Waals surface area contributed by atoms with Gasteiger partial charge in [0.2, 0.25) is 0 Å². The van der Waals surface area contributed by atoms with Crippen LogP contribution in [-0.4, -0.2) is 5.11 Å². The molecule has 4 heteroatoms. The van der Waals surface area contributed by atoms with Crippen molar-refractivity contribution in [1.82, 2.24) is 0 Å². The number of phenols is 1. The predicted octanol–water partition coefficient (Wildman–Crippen LogP) is 0.447. The number of nitrogen functional groups attached to an aromatic ring is 3. The topological polar surface area (TPSA) is 98.3 Å². The van der Waals surface area contributed by atoms with Crippen LogP contribution >= 0.6 is 0 Å². The van der Waals surface area contributed by atoms with Crippen molar-refractivity contribution < 1.29 is 5.11 Å². The molecular formula is C7H11N3O. The van der Waals surface area contributed by atoms with E-state index in [1.165, 1.54) is 6.07 Å². The molecule has 0 aliphatic heterocycles. The average molecular weight is 153 g/mol. The van der Waals surface area contributed by atoms with Crippen LogP contribution in [0.5, 0.6) is 5.75 Å². The molecule has 0 aliphatic rings. The maximum atomic E-state index is 9.19. The predicted molar refractivity (Wildman–Crippen MR) is 46.1 cm³/mol. The lowest BCUT2D eigenvalue weighted by Gasteiger charge is -2.08. The van der Waals surface area contributed by atoms with Crippen molar-refractivity contribution in [3.8, 4) is 5.75 Å². The molecule has 0 saturated carbocycles. The Hall–Kier alpha value is -1.58. The van der Waals surface area contributed by atoms with Crippen molar-refractivity contribution in [3.05, 3.63) is 11.6 Å². The SMILES string of the molecule is Cc1c(O)cc(N)c(N)c1N. The van der Waals surface area contributed by atoms with Gasteiger partial charge in [-0.1, -0.05) is 0 Å². The first-order valence-corrected chi connectivity index (χ1v) is 3.17. The van der Waals surface area contributed by atoms with E-state index in [1.54, 1.807) is 6.92 Å². The Morgan fingerprint density at radius 3 is 2.27 bits per heavy atom. The Balaban J connectivity index is 3.46. The van der Waals surface area contributed by atoms with Crippen LogP contribution in [0.25, 0.3) is 0 Å². The van der Waals surface area contributed by atoms with Crippen LogP contribution in [0.15, 0.2) is 6.07 Å². The lowest BCUT2D eigenvalue weighted by Crippen LogP contribution is -2.01. The van der Waals surface area contributed by atoms with Gasteiger partial charge in [0.1, 0.15) is 5.75 Å². The summed E-state index contributed by atoms with van der Waals surface area (Å²) in [7, 11) is 0. The molecule has 60 valence electrons. The number of hydrogen-bond donors (Lipinski definition) is 4. The Kier molecular flexibility index (Phi) is 1.53. The first-order chi connectivity index (χ1) is 5.04. The highest BCUT2D eigenvalue weighted by Gasteiger charge is 2.06. The maximum absolute atomic E-state index is 9.19. The number of aromatic hydroxyl groups is 1. The van der Waals surface area contributed by atoms with Gasteiger partial charge in [-0.2, -0.15) is 0 Å². The van der Waals surface area contributed by atoms with E-state index in [0.717, 1.165) is 0 Å². The van der Waals surface area contributed by atoms with Crippen LogP contribution in [0.1, 0.15) is 5.56 Å². The number of phenolic OH excluding ortho intramolecular Hbond substituents is 1. The van der Waals surface area contributed by atoms with E-state index < -0.39 is 0 Å². The van der Waals surface area contributed by atoms with Crippen LogP contribution in [0, 0.1) is 6.92 Å². The van der Waals surface area contributed by atoms with Crippen LogP contribution in [0.2, 0.25) is 0 Å². The van der Waals surface area contributed by atoms with E-state index in [4.69, 9.17) is 17.2 Å². The molecule has 0 atom stereocenters. The highest BCUT2D eigenvalue weighted by atomic mass is 16.3. The third-order valence-electron chi connectivity index (χ3n) is 1.68. The van der Waals surface area contributed by atoms with Crippen molar-refractivity contribution in [3.63, 3.8) is 0 Å². The Labute approximate surface area is 64.6 Å². The van der Waals surface area contributed by atoms with Crippen molar-refractivity contribution in [2.24, 2.45) is 0 Å². The van der Waals surface area contributed by atoms with E-state index in [0.29, 0.717) is 22.6 Å². The highest BCUT2D eigenvalue weighted by molar-refractivity contribution is 5.82. The van der Waals surface area contributed by atoms with Gasteiger partial charge in [-0.25, -0.2) is 0 Å². The van der Waals surface area contributed by atoms with Gasteiger partial charge in [-0.15, -0.1) is 0 Å². The summed E-state index contributed by atoms with van der Waals surface area (Å²) in [5, 5.41) is 9.19. The molecule has 0 aromatic heterocycles. The van der Waals surface area contributed by atoms with Crippen molar-refractivity contribution in [1.29, 1.82) is 0 Å². The molecule has 0 spiro atoms. The molecule has 1 aromatic rings. The Morgan fingerprint density at radius 1 is 1.18 bits per heavy atom. The van der Waals surface area contributed by atoms with E-state index in [9.17, 15) is 5.11 Å². The first-order valence-electron chi connectivity index (χ1n) is 3.17. The fourth-order valence-electron chi connectivity index (χ4n) is 0.829. The van der Waals surface area contributed by atoms with E-state index in [-0.39, 0.29) is 5.75 Å². The van der Waals surface area contributed by atoms with E-state index in [1.807, 2.05) is 0 Å². The zero-order valence-electron chi connectivity index (χ0n) is 6.26. The largest absolute Gasteiger partial charge is 0.508 e. The van der Waals surface area contributed by atoms with Gasteiger partial charge in [-0.05, 0) is 6.92 Å². The molecule has 7 N–H and O–H groups in total. The zero-order valence-corrected chi connectivity index (χ0v) is 6.26. The second-order valence-electron chi connectivity index (χ2n) is 2.44. The monoisotopic (exact) mass is 153 g/mol. The third-order valence-corrected chi connectivity index (χ3v) is 1.68. The Bertz CT molecular complexity index is 270. The molecule has 0 heterocycles. The number of hydrogen-bond acceptors (Lipinski definition) is 4. The van der Waals surface area contributed by atoms with Crippen LogP contribution in [0.4, 0.5) is 17.1 Å². The van der Waals surface area contributed by atoms with Crippen LogP contribution < -0.4 is 17.2 Å². The molecule has 0 saturated heterocycles. The van der Waals surface area contributed by atoms with Gasteiger partial charge >= 0.3 is 0 Å². The quantitative estimate of drug-likeness (QED) is 0.321. The fourth-order valence-corrected chi connectivity index (χ4v) is 0.829. The molecule has 0 fully saturated rings. The van der Waals surface area contributed by atoms with Crippen molar-refractivity contribution >= 4 is 17.1 Å². The summed E-state index contributed by atoms with van der Waals surface area (Å²) >= 11 is 0. The van der Waals surface area contributed by atoms with Crippen LogP contribution in [-0.2, 0) is 0 Å². The lowest BCUT2D eigenvalue weighted by molar-refractivity contribution is 0.472. The summed E-state index contributed by atoms with van der Waals surface area (Å²) in [5.41, 5.74) is 18.0. The van der Waals surface area contributed by atoms with Crippen LogP contribution in [0.3, 0.4) is 0 Å².